The van der Waals surface area contributed by atoms with Gasteiger partial charge >= 0.3 is 0 Å². The van der Waals surface area contributed by atoms with Crippen LogP contribution in [0, 0.1) is 0 Å². The molecule has 0 aliphatic carbocycles. The Hall–Kier alpha value is -1.84. The van der Waals surface area contributed by atoms with Gasteiger partial charge in [-0.25, -0.2) is 0 Å². The molecule has 0 spiro atoms. The van der Waals surface area contributed by atoms with Crippen molar-refractivity contribution in [2.75, 3.05) is 5.32 Å². The van der Waals surface area contributed by atoms with Crippen molar-refractivity contribution in [2.24, 2.45) is 7.05 Å². The maximum Gasteiger partial charge on any atom is 0.151 e. The van der Waals surface area contributed by atoms with Crippen LogP contribution in [0.1, 0.15) is 32.2 Å². The van der Waals surface area contributed by atoms with Crippen LogP contribution in [-0.2, 0) is 19.0 Å². The second-order valence-electron chi connectivity index (χ2n) is 5.54. The fourth-order valence-corrected chi connectivity index (χ4v) is 1.74. The Kier molecular flexibility index (Phi) is 3.36. The van der Waals surface area contributed by atoms with Gasteiger partial charge in [0.1, 0.15) is 6.33 Å². The lowest BCUT2D eigenvalue weighted by Crippen LogP contribution is -2.11. The minimum absolute atomic E-state index is 0.197. The summed E-state index contributed by atoms with van der Waals surface area (Å²) in [6.45, 7) is 7.34. The third-order valence-electron chi connectivity index (χ3n) is 3.01. The SMILES string of the molecule is Cn1cnnc1CNc1ccc(C(C)(C)C)cc1. The predicted octanol–water partition coefficient (Wildman–Crippen LogP) is 2.72. The van der Waals surface area contributed by atoms with Crippen LogP contribution >= 0.6 is 0 Å². The fraction of sp³-hybridized carbons (Fsp3) is 0.429. The number of anilines is 1. The van der Waals surface area contributed by atoms with Gasteiger partial charge in [0.15, 0.2) is 5.82 Å². The first kappa shape index (κ1) is 12.6. The van der Waals surface area contributed by atoms with Crippen LogP contribution in [0.3, 0.4) is 0 Å². The van der Waals surface area contributed by atoms with Gasteiger partial charge in [0, 0.05) is 12.7 Å². The van der Waals surface area contributed by atoms with E-state index in [0.717, 1.165) is 11.5 Å². The summed E-state index contributed by atoms with van der Waals surface area (Å²) in [7, 11) is 1.94. The highest BCUT2D eigenvalue weighted by Crippen LogP contribution is 2.23. The maximum absolute atomic E-state index is 4.04. The van der Waals surface area contributed by atoms with Crippen molar-refractivity contribution in [3.63, 3.8) is 0 Å². The number of aryl methyl sites for hydroxylation is 1. The van der Waals surface area contributed by atoms with Crippen molar-refractivity contribution in [1.29, 1.82) is 0 Å². The zero-order chi connectivity index (χ0) is 13.2. The minimum atomic E-state index is 0.197. The lowest BCUT2D eigenvalue weighted by Gasteiger charge is -2.19. The minimum Gasteiger partial charge on any atom is -0.378 e. The Morgan fingerprint density at radius 3 is 2.33 bits per heavy atom. The first-order valence-electron chi connectivity index (χ1n) is 6.14. The van der Waals surface area contributed by atoms with Crippen molar-refractivity contribution in [3.8, 4) is 0 Å². The summed E-state index contributed by atoms with van der Waals surface area (Å²) in [5.74, 6) is 0.926. The van der Waals surface area contributed by atoms with E-state index in [1.807, 2.05) is 11.6 Å². The molecule has 1 N–H and O–H groups in total. The molecule has 96 valence electrons. The van der Waals surface area contributed by atoms with Crippen molar-refractivity contribution in [3.05, 3.63) is 42.0 Å². The molecule has 2 rings (SSSR count). The molecule has 0 aliphatic rings. The maximum atomic E-state index is 4.04. The van der Waals surface area contributed by atoms with E-state index in [9.17, 15) is 0 Å². The fourth-order valence-electron chi connectivity index (χ4n) is 1.74. The van der Waals surface area contributed by atoms with Crippen LogP contribution < -0.4 is 5.32 Å². The van der Waals surface area contributed by atoms with E-state index in [1.165, 1.54) is 5.56 Å². The topological polar surface area (TPSA) is 42.7 Å². The molecular formula is C14H20N4. The number of aromatic nitrogens is 3. The van der Waals surface area contributed by atoms with Crippen LogP contribution in [0.15, 0.2) is 30.6 Å². The van der Waals surface area contributed by atoms with E-state index in [0.29, 0.717) is 6.54 Å². The van der Waals surface area contributed by atoms with Gasteiger partial charge in [0.05, 0.1) is 6.54 Å². The van der Waals surface area contributed by atoms with Crippen LogP contribution in [0.5, 0.6) is 0 Å². The number of rotatable bonds is 3. The van der Waals surface area contributed by atoms with Crippen molar-refractivity contribution >= 4 is 5.69 Å². The Balaban J connectivity index is 2.01. The highest BCUT2D eigenvalue weighted by Gasteiger charge is 2.12. The Labute approximate surface area is 108 Å². The molecule has 4 nitrogen and oxygen atoms in total. The molecule has 0 amide bonds. The average Bonchev–Trinajstić information content (AvgIpc) is 2.72. The molecule has 0 saturated heterocycles. The zero-order valence-corrected chi connectivity index (χ0v) is 11.4. The van der Waals surface area contributed by atoms with Crippen LogP contribution in [-0.4, -0.2) is 14.8 Å². The normalized spacial score (nSPS) is 11.6. The van der Waals surface area contributed by atoms with Gasteiger partial charge in [-0.1, -0.05) is 32.9 Å². The molecule has 0 fully saturated rings. The summed E-state index contributed by atoms with van der Waals surface area (Å²) in [5.41, 5.74) is 2.64. The first-order chi connectivity index (χ1) is 8.47. The predicted molar refractivity (Wildman–Crippen MR) is 73.5 cm³/mol. The van der Waals surface area contributed by atoms with E-state index in [4.69, 9.17) is 0 Å². The summed E-state index contributed by atoms with van der Waals surface area (Å²) >= 11 is 0. The number of nitrogens with zero attached hydrogens (tertiary/aromatic N) is 3. The lowest BCUT2D eigenvalue weighted by molar-refractivity contribution is 0.590. The molecule has 1 aromatic carbocycles. The summed E-state index contributed by atoms with van der Waals surface area (Å²) < 4.78 is 1.91. The Morgan fingerprint density at radius 1 is 1.17 bits per heavy atom. The van der Waals surface area contributed by atoms with Gasteiger partial charge in [-0.3, -0.25) is 0 Å². The third-order valence-corrected chi connectivity index (χ3v) is 3.01. The number of nitrogens with one attached hydrogen (secondary N) is 1. The average molecular weight is 244 g/mol. The molecule has 1 aromatic heterocycles. The number of benzene rings is 1. The standard InChI is InChI=1S/C14H20N4/c1-14(2,3)11-5-7-12(8-6-11)15-9-13-17-16-10-18(13)4/h5-8,10,15H,9H2,1-4H3. The molecule has 0 radical (unpaired) electrons. The summed E-state index contributed by atoms with van der Waals surface area (Å²) in [4.78, 5) is 0. The lowest BCUT2D eigenvalue weighted by atomic mass is 9.87. The molecule has 0 atom stereocenters. The van der Waals surface area contributed by atoms with E-state index in [-0.39, 0.29) is 5.41 Å². The monoisotopic (exact) mass is 244 g/mol. The zero-order valence-electron chi connectivity index (χ0n) is 11.4. The van der Waals surface area contributed by atoms with E-state index >= 15 is 0 Å². The molecule has 1 heterocycles. The quantitative estimate of drug-likeness (QED) is 0.902. The molecule has 2 aromatic rings. The van der Waals surface area contributed by atoms with Crippen LogP contribution in [0.2, 0.25) is 0 Å². The smallest absolute Gasteiger partial charge is 0.151 e. The highest BCUT2D eigenvalue weighted by atomic mass is 15.3. The summed E-state index contributed by atoms with van der Waals surface area (Å²) in [6, 6.07) is 8.55. The third kappa shape index (κ3) is 2.88. The van der Waals surface area contributed by atoms with E-state index in [1.54, 1.807) is 6.33 Å². The molecule has 0 saturated carbocycles. The summed E-state index contributed by atoms with van der Waals surface area (Å²) in [5, 5.41) is 11.2. The van der Waals surface area contributed by atoms with Gasteiger partial charge in [-0.2, -0.15) is 0 Å². The second-order valence-corrected chi connectivity index (χ2v) is 5.54. The van der Waals surface area contributed by atoms with Crippen molar-refractivity contribution in [1.82, 2.24) is 14.8 Å². The number of hydrogen-bond acceptors (Lipinski definition) is 3. The van der Waals surface area contributed by atoms with Crippen molar-refractivity contribution in [2.45, 2.75) is 32.7 Å². The molecule has 4 heteroatoms. The van der Waals surface area contributed by atoms with Gasteiger partial charge < -0.3 is 9.88 Å². The van der Waals surface area contributed by atoms with Gasteiger partial charge in [0.2, 0.25) is 0 Å². The highest BCUT2D eigenvalue weighted by molar-refractivity contribution is 5.45. The molecule has 0 unspecified atom stereocenters. The Bertz CT molecular complexity index is 505. The van der Waals surface area contributed by atoms with Gasteiger partial charge in [-0.15, -0.1) is 10.2 Å². The van der Waals surface area contributed by atoms with Crippen LogP contribution in [0.25, 0.3) is 0 Å². The van der Waals surface area contributed by atoms with Crippen molar-refractivity contribution < 1.29 is 0 Å². The number of hydrogen-bond donors (Lipinski definition) is 1. The molecule has 18 heavy (non-hydrogen) atoms. The first-order valence-corrected chi connectivity index (χ1v) is 6.14. The second kappa shape index (κ2) is 4.80. The van der Waals surface area contributed by atoms with Gasteiger partial charge in [0.25, 0.3) is 0 Å². The summed E-state index contributed by atoms with van der Waals surface area (Å²) in [6.07, 6.45) is 1.71. The Morgan fingerprint density at radius 2 is 1.83 bits per heavy atom. The molecule has 0 bridgehead atoms. The van der Waals surface area contributed by atoms with Gasteiger partial charge in [-0.05, 0) is 23.1 Å². The van der Waals surface area contributed by atoms with E-state index in [2.05, 4.69) is 60.6 Å². The van der Waals surface area contributed by atoms with Crippen LogP contribution in [0.4, 0.5) is 5.69 Å². The van der Waals surface area contributed by atoms with E-state index < -0.39 is 0 Å². The molecule has 0 aliphatic heterocycles. The largest absolute Gasteiger partial charge is 0.378 e. The molecular weight excluding hydrogens is 224 g/mol.